The number of hydrogen-bond donors (Lipinski definition) is 0. The van der Waals surface area contributed by atoms with E-state index in [9.17, 15) is 0 Å². The van der Waals surface area contributed by atoms with Crippen LogP contribution >= 0.6 is 11.6 Å². The number of unbranched alkanes of at least 4 members (excludes halogenated alkanes) is 12. The van der Waals surface area contributed by atoms with E-state index in [0.717, 1.165) is 5.88 Å². The van der Waals surface area contributed by atoms with E-state index in [2.05, 4.69) is 31.2 Å². The molecule has 0 aliphatic carbocycles. The van der Waals surface area contributed by atoms with Gasteiger partial charge in [0.15, 0.2) is 0 Å². The van der Waals surface area contributed by atoms with Crippen molar-refractivity contribution in [2.75, 3.05) is 5.88 Å². The first-order valence-corrected chi connectivity index (χ1v) is 9.83. The molecule has 0 amide bonds. The van der Waals surface area contributed by atoms with Crippen LogP contribution < -0.4 is 0 Å². The Morgan fingerprint density at radius 2 is 1.00 bits per heavy atom. The van der Waals surface area contributed by atoms with Crippen molar-refractivity contribution in [3.8, 4) is 0 Å². The molecular weight excluding hydrogens is 276 g/mol. The highest BCUT2D eigenvalue weighted by Gasteiger charge is 1.92. The molecule has 0 heterocycles. The quantitative estimate of drug-likeness (QED) is 0.155. The van der Waals surface area contributed by atoms with Gasteiger partial charge in [0.1, 0.15) is 0 Å². The number of allylic oxidation sites excluding steroid dienone is 4. The van der Waals surface area contributed by atoms with E-state index in [1.165, 1.54) is 89.9 Å². The predicted octanol–water partition coefficient (Wildman–Crippen LogP) is 7.82. The second-order valence-corrected chi connectivity index (χ2v) is 6.39. The van der Waals surface area contributed by atoms with Gasteiger partial charge in [-0.3, -0.25) is 0 Å². The number of hydrogen-bond acceptors (Lipinski definition) is 0. The van der Waals surface area contributed by atoms with Crippen LogP contribution in [0.25, 0.3) is 0 Å². The molecule has 0 atom stereocenters. The molecule has 21 heavy (non-hydrogen) atoms. The Kier molecular flexibility index (Phi) is 19.6. The van der Waals surface area contributed by atoms with Gasteiger partial charge < -0.3 is 0 Å². The third-order valence-electron chi connectivity index (χ3n) is 3.86. The maximum absolute atomic E-state index is 5.66. The Hall–Kier alpha value is -0.230. The summed E-state index contributed by atoms with van der Waals surface area (Å²) in [5.41, 5.74) is 0. The molecule has 0 bridgehead atoms. The van der Waals surface area contributed by atoms with Crippen LogP contribution in [0.5, 0.6) is 0 Å². The van der Waals surface area contributed by atoms with Crippen LogP contribution in [0.15, 0.2) is 24.3 Å². The Labute approximate surface area is 139 Å². The van der Waals surface area contributed by atoms with Crippen LogP contribution in [-0.4, -0.2) is 5.88 Å². The molecule has 0 rings (SSSR count). The van der Waals surface area contributed by atoms with Crippen molar-refractivity contribution in [1.29, 1.82) is 0 Å². The average Bonchev–Trinajstić information content (AvgIpc) is 2.50. The Balaban J connectivity index is 3.08. The summed E-state index contributed by atoms with van der Waals surface area (Å²) in [6.45, 7) is 2.24. The molecule has 124 valence electrons. The van der Waals surface area contributed by atoms with Gasteiger partial charge in [0.2, 0.25) is 0 Å². The SMILES string of the molecule is CCCC/C=C\C=C/CCCCCCCCCCCCCl. The van der Waals surface area contributed by atoms with Gasteiger partial charge in [0.05, 0.1) is 0 Å². The van der Waals surface area contributed by atoms with Gasteiger partial charge in [-0.25, -0.2) is 0 Å². The molecule has 0 radical (unpaired) electrons. The first kappa shape index (κ1) is 20.8. The zero-order valence-electron chi connectivity index (χ0n) is 14.3. The number of alkyl halides is 1. The van der Waals surface area contributed by atoms with E-state index in [-0.39, 0.29) is 0 Å². The maximum atomic E-state index is 5.66. The minimum absolute atomic E-state index is 0.836. The monoisotopic (exact) mass is 312 g/mol. The second kappa shape index (κ2) is 19.8. The number of halogens is 1. The van der Waals surface area contributed by atoms with Gasteiger partial charge >= 0.3 is 0 Å². The van der Waals surface area contributed by atoms with Gasteiger partial charge in [-0.1, -0.05) is 95.4 Å². The van der Waals surface area contributed by atoms with Crippen LogP contribution in [0.2, 0.25) is 0 Å². The summed E-state index contributed by atoms with van der Waals surface area (Å²) in [7, 11) is 0. The van der Waals surface area contributed by atoms with E-state index in [1.807, 2.05) is 0 Å². The fourth-order valence-electron chi connectivity index (χ4n) is 2.44. The lowest BCUT2D eigenvalue weighted by Gasteiger charge is -2.01. The Morgan fingerprint density at radius 1 is 0.571 bits per heavy atom. The van der Waals surface area contributed by atoms with Crippen LogP contribution in [0.1, 0.15) is 96.8 Å². The molecule has 0 aliphatic heterocycles. The maximum Gasteiger partial charge on any atom is 0.0223 e. The largest absolute Gasteiger partial charge is 0.127 e. The molecule has 0 aliphatic rings. The predicted molar refractivity (Wildman–Crippen MR) is 99.3 cm³/mol. The Morgan fingerprint density at radius 3 is 1.48 bits per heavy atom. The second-order valence-electron chi connectivity index (χ2n) is 6.01. The third-order valence-corrected chi connectivity index (χ3v) is 4.13. The fourth-order valence-corrected chi connectivity index (χ4v) is 2.63. The molecule has 0 aromatic heterocycles. The fraction of sp³-hybridized carbons (Fsp3) is 0.800. The van der Waals surface area contributed by atoms with Crippen molar-refractivity contribution < 1.29 is 0 Å². The van der Waals surface area contributed by atoms with Crippen molar-refractivity contribution >= 4 is 11.6 Å². The van der Waals surface area contributed by atoms with E-state index in [1.54, 1.807) is 0 Å². The molecule has 0 spiro atoms. The summed E-state index contributed by atoms with van der Waals surface area (Å²) in [5.74, 6) is 0.836. The summed E-state index contributed by atoms with van der Waals surface area (Å²) < 4.78 is 0. The summed E-state index contributed by atoms with van der Waals surface area (Å²) in [6.07, 6.45) is 27.9. The van der Waals surface area contributed by atoms with Crippen molar-refractivity contribution in [2.24, 2.45) is 0 Å². The molecule has 0 aromatic carbocycles. The van der Waals surface area contributed by atoms with Gasteiger partial charge in [-0.05, 0) is 25.7 Å². The lowest BCUT2D eigenvalue weighted by Crippen LogP contribution is -1.82. The van der Waals surface area contributed by atoms with E-state index < -0.39 is 0 Å². The molecule has 1 heteroatoms. The molecule has 0 saturated carbocycles. The molecule has 0 nitrogen and oxygen atoms in total. The van der Waals surface area contributed by atoms with Crippen molar-refractivity contribution in [3.05, 3.63) is 24.3 Å². The van der Waals surface area contributed by atoms with E-state index >= 15 is 0 Å². The molecule has 0 unspecified atom stereocenters. The van der Waals surface area contributed by atoms with E-state index in [4.69, 9.17) is 11.6 Å². The summed E-state index contributed by atoms with van der Waals surface area (Å²) in [6, 6.07) is 0. The lowest BCUT2D eigenvalue weighted by atomic mass is 10.1. The van der Waals surface area contributed by atoms with Crippen LogP contribution in [0, 0.1) is 0 Å². The first-order valence-electron chi connectivity index (χ1n) is 9.29. The van der Waals surface area contributed by atoms with Crippen molar-refractivity contribution in [1.82, 2.24) is 0 Å². The van der Waals surface area contributed by atoms with Gasteiger partial charge in [-0.2, -0.15) is 0 Å². The first-order chi connectivity index (χ1) is 10.4. The van der Waals surface area contributed by atoms with Gasteiger partial charge in [0, 0.05) is 5.88 Å². The summed E-state index contributed by atoms with van der Waals surface area (Å²) in [5, 5.41) is 0. The molecule has 0 aromatic rings. The average molecular weight is 313 g/mol. The molecule has 0 N–H and O–H groups in total. The topological polar surface area (TPSA) is 0 Å². The van der Waals surface area contributed by atoms with E-state index in [0.29, 0.717) is 0 Å². The van der Waals surface area contributed by atoms with Gasteiger partial charge in [-0.15, -0.1) is 11.6 Å². The highest BCUT2D eigenvalue weighted by atomic mass is 35.5. The smallest absolute Gasteiger partial charge is 0.0223 e. The highest BCUT2D eigenvalue weighted by molar-refractivity contribution is 6.17. The zero-order chi connectivity index (χ0) is 15.4. The van der Waals surface area contributed by atoms with Crippen LogP contribution in [0.3, 0.4) is 0 Å². The standard InChI is InChI=1S/C20H37Cl/c1-2-3-4-5-6-7-8-9-10-11-12-13-14-15-16-17-18-19-20-21/h5-8H,2-4,9-20H2,1H3/b6-5-,8-7-. The summed E-state index contributed by atoms with van der Waals surface area (Å²) in [4.78, 5) is 0. The normalized spacial score (nSPS) is 11.9. The minimum Gasteiger partial charge on any atom is -0.127 e. The number of rotatable bonds is 16. The minimum atomic E-state index is 0.836. The van der Waals surface area contributed by atoms with Gasteiger partial charge in [0.25, 0.3) is 0 Å². The Bertz CT molecular complexity index is 230. The highest BCUT2D eigenvalue weighted by Crippen LogP contribution is 2.11. The molecule has 0 saturated heterocycles. The summed E-state index contributed by atoms with van der Waals surface area (Å²) >= 11 is 5.66. The third kappa shape index (κ3) is 19.8. The zero-order valence-corrected chi connectivity index (χ0v) is 15.0. The van der Waals surface area contributed by atoms with Crippen LogP contribution in [-0.2, 0) is 0 Å². The molecular formula is C20H37Cl. The lowest BCUT2D eigenvalue weighted by molar-refractivity contribution is 0.558. The van der Waals surface area contributed by atoms with Crippen molar-refractivity contribution in [3.63, 3.8) is 0 Å². The molecule has 0 fully saturated rings. The van der Waals surface area contributed by atoms with Crippen molar-refractivity contribution in [2.45, 2.75) is 96.8 Å². The van der Waals surface area contributed by atoms with Crippen LogP contribution in [0.4, 0.5) is 0 Å².